The molecular weight excluding hydrogens is 372 g/mol. The van der Waals surface area contributed by atoms with Crippen molar-refractivity contribution in [2.75, 3.05) is 24.0 Å². The summed E-state index contributed by atoms with van der Waals surface area (Å²) in [6.07, 6.45) is -3.87. The second-order valence-corrected chi connectivity index (χ2v) is 6.07. The molecule has 7 heteroatoms. The number of hydrogen-bond acceptors (Lipinski definition) is 6. The van der Waals surface area contributed by atoms with Crippen molar-refractivity contribution in [2.45, 2.75) is 18.9 Å². The predicted octanol–water partition coefficient (Wildman–Crippen LogP) is 2.77. The van der Waals surface area contributed by atoms with Crippen molar-refractivity contribution in [3.05, 3.63) is 76.6 Å². The number of aliphatic hydroxyl groups is 1. The first kappa shape index (κ1) is 8.73. The number of nitrogens with one attached hydrogen (secondary N) is 2. The molecule has 3 aromatic rings. The number of anilines is 2. The Labute approximate surface area is 188 Å². The second kappa shape index (κ2) is 9.98. The Balaban J connectivity index is 1.88. The van der Waals surface area contributed by atoms with Gasteiger partial charge in [-0.2, -0.15) is 0 Å². The number of thiazole rings is 1. The lowest BCUT2D eigenvalue weighted by atomic mass is 10.1. The van der Waals surface area contributed by atoms with Gasteiger partial charge in [0.05, 0.1) is 31.9 Å². The molecule has 0 fully saturated rings. The summed E-state index contributed by atoms with van der Waals surface area (Å²) in [6.45, 7) is -6.03. The van der Waals surface area contributed by atoms with Crippen molar-refractivity contribution < 1.29 is 29.1 Å². The number of amides is 1. The van der Waals surface area contributed by atoms with Crippen molar-refractivity contribution >= 4 is 28.1 Å². The van der Waals surface area contributed by atoms with Crippen LogP contribution in [0.4, 0.5) is 10.8 Å². The maximum atomic E-state index is 12.5. The van der Waals surface area contributed by atoms with Gasteiger partial charge in [-0.3, -0.25) is 4.79 Å². The standard InChI is InChI=1S/C21H24N4O2S/c22-21-25-18(14-28-21)12-20(27)24-17-8-6-15(7-9-17)10-11-23-13-19(26)16-4-2-1-3-5-16/h1-9,14,19,23,26H,10-13H2,(H2,22,25)(H,24,27)/t19-/m1/s1/i1D,2D,3D,4D,5D,6D,7D,8D,9D,11D2,13D2,14D. The number of rotatable bonds is 9. The molecule has 0 spiro atoms. The Bertz CT molecular complexity index is 1510. The van der Waals surface area contributed by atoms with Crippen molar-refractivity contribution in [3.63, 3.8) is 0 Å². The molecule has 146 valence electrons. The normalized spacial score (nSPS) is 20.0. The lowest BCUT2D eigenvalue weighted by molar-refractivity contribution is -0.115. The van der Waals surface area contributed by atoms with E-state index in [1.165, 1.54) is 0 Å². The molecule has 0 aliphatic rings. The van der Waals surface area contributed by atoms with E-state index in [1.807, 2.05) is 5.32 Å². The first-order valence-electron chi connectivity index (χ1n) is 14.8. The minimum atomic E-state index is -3.15. The molecular formula is C21H24N4O2S. The van der Waals surface area contributed by atoms with Crippen LogP contribution in [-0.4, -0.2) is 29.0 Å². The third kappa shape index (κ3) is 6.16. The van der Waals surface area contributed by atoms with Crippen molar-refractivity contribution in [2.24, 2.45) is 0 Å². The molecule has 0 saturated carbocycles. The van der Waals surface area contributed by atoms with Crippen LogP contribution < -0.4 is 16.4 Å². The third-order valence-corrected chi connectivity index (χ3v) is 3.78. The molecule has 6 nitrogen and oxygen atoms in total. The summed E-state index contributed by atoms with van der Waals surface area (Å²) in [5, 5.41) is 14.7. The largest absolute Gasteiger partial charge is 0.387 e. The third-order valence-electron chi connectivity index (χ3n) is 3.14. The highest BCUT2D eigenvalue weighted by molar-refractivity contribution is 7.13. The first-order valence-corrected chi connectivity index (χ1v) is 8.66. The number of nitrogens with two attached hydrogens (primary N) is 1. The molecule has 0 bridgehead atoms. The number of carbonyl (C=O) groups is 1. The van der Waals surface area contributed by atoms with Gasteiger partial charge in [0, 0.05) is 23.0 Å². The highest BCUT2D eigenvalue weighted by atomic mass is 32.1. The van der Waals surface area contributed by atoms with Crippen LogP contribution in [-0.2, 0) is 17.6 Å². The summed E-state index contributed by atoms with van der Waals surface area (Å²) >= 11 is 0.836. The lowest BCUT2D eigenvalue weighted by Crippen LogP contribution is -2.23. The molecule has 1 heterocycles. The molecule has 1 atom stereocenters. The molecule has 2 aromatic carbocycles. The summed E-state index contributed by atoms with van der Waals surface area (Å²) in [6, 6.07) is -7.20. The van der Waals surface area contributed by atoms with Gasteiger partial charge in [0.25, 0.3) is 0 Å². The molecule has 0 aliphatic carbocycles. The molecule has 5 N–H and O–H groups in total. The van der Waals surface area contributed by atoms with E-state index in [2.05, 4.69) is 10.3 Å². The number of benzene rings is 2. The van der Waals surface area contributed by atoms with Gasteiger partial charge in [-0.1, -0.05) is 42.3 Å². The zero-order chi connectivity index (χ0) is 32.1. The van der Waals surface area contributed by atoms with Gasteiger partial charge in [0.1, 0.15) is 0 Å². The highest BCUT2D eigenvalue weighted by Gasteiger charge is 2.08. The molecule has 0 radical (unpaired) electrons. The number of aliphatic hydroxyl groups excluding tert-OH is 1. The van der Waals surface area contributed by atoms with E-state index in [9.17, 15) is 9.90 Å². The Kier molecular flexibility index (Phi) is 3.11. The van der Waals surface area contributed by atoms with Crippen LogP contribution in [0.15, 0.2) is 59.7 Å². The van der Waals surface area contributed by atoms with E-state index in [1.54, 1.807) is 0 Å². The Hall–Kier alpha value is -2.74. The Morgan fingerprint density at radius 1 is 1.25 bits per heavy atom. The monoisotopic (exact) mass is 410 g/mol. The summed E-state index contributed by atoms with van der Waals surface area (Å²) in [4.78, 5) is 16.3. The lowest BCUT2D eigenvalue weighted by Gasteiger charge is -2.12. The zero-order valence-corrected chi connectivity index (χ0v) is 15.1. The van der Waals surface area contributed by atoms with Crippen molar-refractivity contribution in [1.29, 1.82) is 0 Å². The number of aromatic nitrogens is 1. The summed E-state index contributed by atoms with van der Waals surface area (Å²) < 4.78 is 113. The van der Waals surface area contributed by atoms with Crippen LogP contribution in [0.3, 0.4) is 0 Å². The van der Waals surface area contributed by atoms with Gasteiger partial charge in [0.15, 0.2) is 5.13 Å². The maximum absolute atomic E-state index is 12.5. The van der Waals surface area contributed by atoms with E-state index in [-0.39, 0.29) is 16.2 Å². The smallest absolute Gasteiger partial charge is 0.230 e. The highest BCUT2D eigenvalue weighted by Crippen LogP contribution is 2.14. The molecule has 0 saturated heterocycles. The van der Waals surface area contributed by atoms with Gasteiger partial charge >= 0.3 is 0 Å². The quantitative estimate of drug-likeness (QED) is 0.435. The second-order valence-electron chi connectivity index (χ2n) is 5.24. The zero-order valence-electron chi connectivity index (χ0n) is 28.3. The van der Waals surface area contributed by atoms with Gasteiger partial charge in [0.2, 0.25) is 5.91 Å². The van der Waals surface area contributed by atoms with E-state index >= 15 is 0 Å². The fraction of sp³-hybridized carbons (Fsp3) is 0.238. The van der Waals surface area contributed by atoms with Crippen LogP contribution in [0.2, 0.25) is 0 Å². The van der Waals surface area contributed by atoms with Gasteiger partial charge < -0.3 is 21.5 Å². The minimum absolute atomic E-state index is 0.0428. The van der Waals surface area contributed by atoms with Gasteiger partial charge in [-0.15, -0.1) is 11.3 Å². The fourth-order valence-corrected chi connectivity index (χ4v) is 2.41. The minimum Gasteiger partial charge on any atom is -0.387 e. The van der Waals surface area contributed by atoms with E-state index in [0.29, 0.717) is 0 Å². The van der Waals surface area contributed by atoms with Crippen LogP contribution in [0.5, 0.6) is 0 Å². The van der Waals surface area contributed by atoms with E-state index in [0.717, 1.165) is 11.3 Å². The fourth-order valence-electron chi connectivity index (χ4n) is 1.91. The maximum Gasteiger partial charge on any atom is 0.230 e. The van der Waals surface area contributed by atoms with Crippen LogP contribution in [0.25, 0.3) is 0 Å². The SMILES string of the molecule is [2H]c1sc(N)nc1CC(=O)Nc1c([2H])c([2H])c(CC([2H])([2H])NC([2H])([2H])[C@@H](O)c2c([2H])c([2H])c([2H])c([2H])c2[2H])c([2H])c1[2H]. The van der Waals surface area contributed by atoms with Gasteiger partial charge in [-0.25, -0.2) is 4.98 Å². The number of carbonyl (C=O) groups excluding carboxylic acids is 1. The number of nitrogens with zero attached hydrogens (tertiary/aromatic N) is 1. The van der Waals surface area contributed by atoms with Crippen molar-refractivity contribution in [3.8, 4) is 0 Å². The number of hydrogen-bond donors (Lipinski definition) is 4. The van der Waals surface area contributed by atoms with Crippen LogP contribution in [0, 0.1) is 0 Å². The number of nitrogen functional groups attached to an aromatic ring is 1. The van der Waals surface area contributed by atoms with Crippen molar-refractivity contribution in [1.82, 2.24) is 10.3 Å². The predicted molar refractivity (Wildman–Crippen MR) is 113 cm³/mol. The van der Waals surface area contributed by atoms with E-state index < -0.39 is 109 Å². The average Bonchev–Trinajstić information content (AvgIpc) is 3.20. The summed E-state index contributed by atoms with van der Waals surface area (Å²) in [5.41, 5.74) is 3.71. The first-order chi connectivity index (χ1) is 19.2. The van der Waals surface area contributed by atoms with Gasteiger partial charge in [-0.05, 0) is 36.1 Å². The Morgan fingerprint density at radius 3 is 2.68 bits per heavy atom. The van der Waals surface area contributed by atoms with Crippen LogP contribution in [0.1, 0.15) is 42.1 Å². The molecule has 1 aromatic heterocycles. The van der Waals surface area contributed by atoms with Crippen LogP contribution >= 0.6 is 11.3 Å². The molecule has 0 unspecified atom stereocenters. The topological polar surface area (TPSA) is 100 Å². The molecule has 28 heavy (non-hydrogen) atoms. The molecule has 1 amide bonds. The van der Waals surface area contributed by atoms with E-state index in [4.69, 9.17) is 24.9 Å². The molecule has 0 aliphatic heterocycles. The summed E-state index contributed by atoms with van der Waals surface area (Å²) in [7, 11) is 0. The molecule has 3 rings (SSSR count). The Morgan fingerprint density at radius 2 is 2.00 bits per heavy atom. The average molecular weight is 411 g/mol. The summed E-state index contributed by atoms with van der Waals surface area (Å²) in [5.74, 6) is -0.811.